The minimum Gasteiger partial charge on any atom is -0.271 e. The fourth-order valence-corrected chi connectivity index (χ4v) is 2.55. The first-order valence-electron chi connectivity index (χ1n) is 7.31. The SMILES string of the molecule is N#Cc1c(-c2ccccc2)nc2nc(-c3ccccc3)[nH]n2c1=O. The molecule has 0 aliphatic heterocycles. The van der Waals surface area contributed by atoms with Crippen molar-refractivity contribution in [2.24, 2.45) is 0 Å². The fraction of sp³-hybridized carbons (Fsp3) is 0. The molecule has 114 valence electrons. The number of fused-ring (bicyclic) bond motifs is 1. The van der Waals surface area contributed by atoms with E-state index in [-0.39, 0.29) is 11.3 Å². The van der Waals surface area contributed by atoms with Crippen LogP contribution in [-0.4, -0.2) is 19.6 Å². The molecule has 6 nitrogen and oxygen atoms in total. The van der Waals surface area contributed by atoms with E-state index >= 15 is 0 Å². The molecular formula is C18H11N5O. The number of nitrogens with one attached hydrogen (secondary N) is 1. The predicted octanol–water partition coefficient (Wildman–Crippen LogP) is 2.62. The third kappa shape index (κ3) is 2.16. The van der Waals surface area contributed by atoms with E-state index in [2.05, 4.69) is 15.1 Å². The van der Waals surface area contributed by atoms with Crippen LogP contribution in [0.15, 0.2) is 65.5 Å². The van der Waals surface area contributed by atoms with Gasteiger partial charge in [0.25, 0.3) is 11.3 Å². The van der Waals surface area contributed by atoms with E-state index in [1.165, 1.54) is 4.52 Å². The highest BCUT2D eigenvalue weighted by atomic mass is 16.1. The van der Waals surface area contributed by atoms with Gasteiger partial charge in [-0.25, -0.2) is 4.98 Å². The van der Waals surface area contributed by atoms with Crippen molar-refractivity contribution in [3.8, 4) is 28.7 Å². The number of H-pyrrole nitrogens is 1. The molecule has 0 atom stereocenters. The summed E-state index contributed by atoms with van der Waals surface area (Å²) in [4.78, 5) is 21.4. The summed E-state index contributed by atoms with van der Waals surface area (Å²) in [7, 11) is 0. The third-order valence-corrected chi connectivity index (χ3v) is 3.70. The van der Waals surface area contributed by atoms with Crippen LogP contribution < -0.4 is 5.56 Å². The van der Waals surface area contributed by atoms with E-state index in [1.807, 2.05) is 66.7 Å². The van der Waals surface area contributed by atoms with E-state index in [4.69, 9.17) is 0 Å². The number of rotatable bonds is 2. The molecule has 0 aliphatic rings. The zero-order valence-corrected chi connectivity index (χ0v) is 12.5. The zero-order chi connectivity index (χ0) is 16.5. The monoisotopic (exact) mass is 313 g/mol. The quantitative estimate of drug-likeness (QED) is 0.616. The Kier molecular flexibility index (Phi) is 3.18. The summed E-state index contributed by atoms with van der Waals surface area (Å²) < 4.78 is 1.20. The summed E-state index contributed by atoms with van der Waals surface area (Å²) in [6, 6.07) is 20.5. The van der Waals surface area contributed by atoms with Crippen molar-refractivity contribution in [2.75, 3.05) is 0 Å². The van der Waals surface area contributed by atoms with Crippen molar-refractivity contribution < 1.29 is 0 Å². The number of hydrogen-bond donors (Lipinski definition) is 1. The maximum absolute atomic E-state index is 12.6. The van der Waals surface area contributed by atoms with Crippen LogP contribution in [0.5, 0.6) is 0 Å². The lowest BCUT2D eigenvalue weighted by atomic mass is 10.1. The topological polar surface area (TPSA) is 86.8 Å². The van der Waals surface area contributed by atoms with Gasteiger partial charge in [-0.05, 0) is 0 Å². The largest absolute Gasteiger partial charge is 0.292 e. The van der Waals surface area contributed by atoms with Crippen molar-refractivity contribution in [1.29, 1.82) is 5.26 Å². The van der Waals surface area contributed by atoms with E-state index < -0.39 is 5.56 Å². The van der Waals surface area contributed by atoms with Crippen LogP contribution in [0.4, 0.5) is 0 Å². The molecule has 24 heavy (non-hydrogen) atoms. The van der Waals surface area contributed by atoms with Crippen LogP contribution in [0.2, 0.25) is 0 Å². The predicted molar refractivity (Wildman–Crippen MR) is 89.2 cm³/mol. The van der Waals surface area contributed by atoms with Gasteiger partial charge < -0.3 is 0 Å². The number of hydrogen-bond acceptors (Lipinski definition) is 4. The van der Waals surface area contributed by atoms with E-state index in [0.717, 1.165) is 5.56 Å². The number of nitriles is 1. The summed E-state index contributed by atoms with van der Waals surface area (Å²) >= 11 is 0. The summed E-state index contributed by atoms with van der Waals surface area (Å²) in [5, 5.41) is 12.3. The van der Waals surface area contributed by atoms with Gasteiger partial charge in [-0.1, -0.05) is 60.7 Å². The molecule has 2 aromatic carbocycles. The van der Waals surface area contributed by atoms with Gasteiger partial charge in [0.2, 0.25) is 0 Å². The van der Waals surface area contributed by atoms with Crippen LogP contribution in [0, 0.1) is 11.3 Å². The molecule has 0 bridgehead atoms. The number of nitrogens with zero attached hydrogens (tertiary/aromatic N) is 4. The minimum atomic E-state index is -0.462. The molecule has 0 radical (unpaired) electrons. The Hall–Kier alpha value is -3.72. The van der Waals surface area contributed by atoms with Gasteiger partial charge in [0.15, 0.2) is 5.82 Å². The van der Waals surface area contributed by atoms with Gasteiger partial charge in [-0.15, -0.1) is 0 Å². The first kappa shape index (κ1) is 13.9. The van der Waals surface area contributed by atoms with E-state index in [1.54, 1.807) is 0 Å². The summed E-state index contributed by atoms with van der Waals surface area (Å²) in [6.45, 7) is 0. The van der Waals surface area contributed by atoms with Crippen molar-refractivity contribution in [3.63, 3.8) is 0 Å². The molecule has 4 rings (SSSR count). The maximum atomic E-state index is 12.6. The average molecular weight is 313 g/mol. The molecule has 6 heteroatoms. The van der Waals surface area contributed by atoms with Gasteiger partial charge in [-0.2, -0.15) is 14.8 Å². The van der Waals surface area contributed by atoms with Gasteiger partial charge in [-0.3, -0.25) is 9.89 Å². The highest BCUT2D eigenvalue weighted by Crippen LogP contribution is 2.20. The molecule has 0 saturated carbocycles. The highest BCUT2D eigenvalue weighted by Gasteiger charge is 2.17. The maximum Gasteiger partial charge on any atom is 0.292 e. The molecule has 0 amide bonds. The second-order valence-electron chi connectivity index (χ2n) is 5.19. The van der Waals surface area contributed by atoms with Crippen LogP contribution >= 0.6 is 0 Å². The third-order valence-electron chi connectivity index (χ3n) is 3.70. The van der Waals surface area contributed by atoms with Crippen molar-refractivity contribution in [1.82, 2.24) is 19.6 Å². The Balaban J connectivity index is 2.00. The molecule has 0 unspecified atom stereocenters. The Bertz CT molecular complexity index is 1120. The van der Waals surface area contributed by atoms with Gasteiger partial charge in [0, 0.05) is 11.1 Å². The molecular weight excluding hydrogens is 302 g/mol. The average Bonchev–Trinajstić information content (AvgIpc) is 3.08. The number of aromatic nitrogens is 4. The lowest BCUT2D eigenvalue weighted by molar-refractivity contribution is 0.898. The second kappa shape index (κ2) is 5.48. The van der Waals surface area contributed by atoms with Gasteiger partial charge in [0.1, 0.15) is 11.6 Å². The molecule has 2 heterocycles. The summed E-state index contributed by atoms with van der Waals surface area (Å²) in [5.74, 6) is 0.756. The lowest BCUT2D eigenvalue weighted by Crippen LogP contribution is -2.19. The Morgan fingerprint density at radius 3 is 2.17 bits per heavy atom. The molecule has 4 aromatic rings. The normalized spacial score (nSPS) is 10.6. The van der Waals surface area contributed by atoms with E-state index in [9.17, 15) is 10.1 Å². The lowest BCUT2D eigenvalue weighted by Gasteiger charge is -2.02. The van der Waals surface area contributed by atoms with Crippen LogP contribution in [0.3, 0.4) is 0 Å². The number of benzene rings is 2. The molecule has 0 saturated heterocycles. The molecule has 1 N–H and O–H groups in total. The van der Waals surface area contributed by atoms with Gasteiger partial charge >= 0.3 is 0 Å². The summed E-state index contributed by atoms with van der Waals surface area (Å²) in [5.41, 5.74) is 1.41. The van der Waals surface area contributed by atoms with Crippen LogP contribution in [0.25, 0.3) is 28.4 Å². The zero-order valence-electron chi connectivity index (χ0n) is 12.5. The van der Waals surface area contributed by atoms with Crippen molar-refractivity contribution in [3.05, 3.63) is 76.6 Å². The standard InChI is InChI=1S/C18H11N5O/c19-11-14-15(12-7-3-1-4-8-12)20-18-21-16(22-23(18)17(14)24)13-9-5-2-6-10-13/h1-10H,(H,20,21,22). The summed E-state index contributed by atoms with van der Waals surface area (Å²) in [6.07, 6.45) is 0. The molecule has 0 spiro atoms. The highest BCUT2D eigenvalue weighted by molar-refractivity contribution is 5.68. The Labute approximate surface area is 136 Å². The first-order valence-corrected chi connectivity index (χ1v) is 7.31. The van der Waals surface area contributed by atoms with Crippen LogP contribution in [0.1, 0.15) is 5.56 Å². The first-order chi connectivity index (χ1) is 11.8. The Morgan fingerprint density at radius 1 is 0.917 bits per heavy atom. The van der Waals surface area contributed by atoms with Crippen LogP contribution in [-0.2, 0) is 0 Å². The molecule has 0 fully saturated rings. The van der Waals surface area contributed by atoms with Crippen molar-refractivity contribution in [2.45, 2.75) is 0 Å². The second-order valence-corrected chi connectivity index (χ2v) is 5.19. The van der Waals surface area contributed by atoms with E-state index in [0.29, 0.717) is 17.1 Å². The molecule has 0 aliphatic carbocycles. The van der Waals surface area contributed by atoms with Crippen molar-refractivity contribution >= 4 is 5.78 Å². The Morgan fingerprint density at radius 2 is 1.54 bits per heavy atom. The molecule has 2 aromatic heterocycles. The smallest absolute Gasteiger partial charge is 0.271 e. The minimum absolute atomic E-state index is 0.0121. The number of aromatic amines is 1. The fourth-order valence-electron chi connectivity index (χ4n) is 2.55. The van der Waals surface area contributed by atoms with Gasteiger partial charge in [0.05, 0.1) is 5.69 Å².